The summed E-state index contributed by atoms with van der Waals surface area (Å²) in [5, 5.41) is 14.7. The Hall–Kier alpha value is -2.75. The van der Waals surface area contributed by atoms with Crippen LogP contribution in [0.5, 0.6) is 11.5 Å². The molecule has 36 heavy (non-hydrogen) atoms. The largest absolute Gasteiger partial charge is 0.493 e. The summed E-state index contributed by atoms with van der Waals surface area (Å²) in [5.74, 6) is 1.42. The van der Waals surface area contributed by atoms with Crippen molar-refractivity contribution < 1.29 is 14.3 Å². The van der Waals surface area contributed by atoms with E-state index in [0.29, 0.717) is 42.5 Å². The van der Waals surface area contributed by atoms with Crippen LogP contribution in [0.25, 0.3) is 0 Å². The van der Waals surface area contributed by atoms with Crippen LogP contribution in [0.2, 0.25) is 5.02 Å². The lowest BCUT2D eigenvalue weighted by molar-refractivity contribution is -0.133. The van der Waals surface area contributed by atoms with E-state index in [9.17, 15) is 10.1 Å². The highest BCUT2D eigenvalue weighted by Crippen LogP contribution is 2.44. The zero-order chi connectivity index (χ0) is 26.5. The number of benzene rings is 2. The molecule has 2 aromatic rings. The fourth-order valence-electron chi connectivity index (χ4n) is 5.19. The summed E-state index contributed by atoms with van der Waals surface area (Å²) in [6.45, 7) is 7.73. The van der Waals surface area contributed by atoms with E-state index in [1.54, 1.807) is 19.1 Å². The maximum absolute atomic E-state index is 13.5. The van der Waals surface area contributed by atoms with Gasteiger partial charge in [0.05, 0.1) is 31.7 Å². The van der Waals surface area contributed by atoms with E-state index in [-0.39, 0.29) is 17.2 Å². The van der Waals surface area contributed by atoms with Crippen molar-refractivity contribution in [3.63, 3.8) is 0 Å². The lowest BCUT2D eigenvalue weighted by atomic mass is 9.61. The second-order valence-corrected chi connectivity index (χ2v) is 11.4. The number of carbonyl (C=O) groups is 1. The van der Waals surface area contributed by atoms with Gasteiger partial charge in [0.15, 0.2) is 11.5 Å². The molecule has 1 fully saturated rings. The van der Waals surface area contributed by atoms with Gasteiger partial charge in [0.1, 0.15) is 0 Å². The van der Waals surface area contributed by atoms with Crippen molar-refractivity contribution in [1.82, 2.24) is 10.2 Å². The summed E-state index contributed by atoms with van der Waals surface area (Å²) in [6, 6.07) is 15.6. The maximum Gasteiger partial charge on any atom is 0.239 e. The Morgan fingerprint density at radius 3 is 2.42 bits per heavy atom. The molecule has 194 valence electrons. The molecule has 3 rings (SSSR count). The van der Waals surface area contributed by atoms with Gasteiger partial charge in [0.2, 0.25) is 5.91 Å². The van der Waals surface area contributed by atoms with Crippen LogP contribution in [0, 0.1) is 22.7 Å². The van der Waals surface area contributed by atoms with Crippen molar-refractivity contribution in [3.05, 3.63) is 58.6 Å². The molecule has 6 nitrogen and oxygen atoms in total. The summed E-state index contributed by atoms with van der Waals surface area (Å²) in [7, 11) is 5.04. The Balaban J connectivity index is 1.78. The van der Waals surface area contributed by atoms with Gasteiger partial charge < -0.3 is 19.7 Å². The minimum atomic E-state index is -0.770. The molecule has 1 heterocycles. The number of nitrogens with one attached hydrogen (secondary N) is 1. The molecular weight excluding hydrogens is 474 g/mol. The molecule has 1 aliphatic rings. The molecule has 1 saturated heterocycles. The first kappa shape index (κ1) is 27.8. The molecule has 1 amide bonds. The molecule has 2 aromatic carbocycles. The highest BCUT2D eigenvalue weighted by atomic mass is 35.5. The number of methoxy groups -OCH3 is 2. The summed E-state index contributed by atoms with van der Waals surface area (Å²) in [6.07, 6.45) is 1.97. The molecule has 0 aromatic heterocycles. The molecule has 3 unspecified atom stereocenters. The van der Waals surface area contributed by atoms with Gasteiger partial charge in [0, 0.05) is 25.2 Å². The topological polar surface area (TPSA) is 74.6 Å². The summed E-state index contributed by atoms with van der Waals surface area (Å²) in [4.78, 5) is 15.3. The highest BCUT2D eigenvalue weighted by Gasteiger charge is 2.48. The first-order valence-corrected chi connectivity index (χ1v) is 12.8. The number of ether oxygens (including phenoxy) is 2. The number of rotatable bonds is 8. The van der Waals surface area contributed by atoms with E-state index in [1.165, 1.54) is 0 Å². The van der Waals surface area contributed by atoms with Crippen molar-refractivity contribution in [3.8, 4) is 17.6 Å². The molecule has 1 aliphatic heterocycles. The highest BCUT2D eigenvalue weighted by molar-refractivity contribution is 6.30. The number of nitriles is 1. The number of likely N-dealkylation sites (N-methyl/N-ethyl adjacent to an activating group) is 1. The van der Waals surface area contributed by atoms with E-state index < -0.39 is 11.5 Å². The molecule has 0 saturated carbocycles. The van der Waals surface area contributed by atoms with Gasteiger partial charge in [-0.1, -0.05) is 50.6 Å². The van der Waals surface area contributed by atoms with Crippen LogP contribution in [-0.2, 0) is 16.6 Å². The molecule has 1 N–H and O–H groups in total. The van der Waals surface area contributed by atoms with Crippen molar-refractivity contribution in [2.45, 2.75) is 51.5 Å². The minimum Gasteiger partial charge on any atom is -0.493 e. The average Bonchev–Trinajstić information content (AvgIpc) is 2.86. The van der Waals surface area contributed by atoms with Crippen molar-refractivity contribution in [2.75, 3.05) is 34.4 Å². The third-order valence-electron chi connectivity index (χ3n) is 7.11. The monoisotopic (exact) mass is 511 g/mol. The number of piperidine rings is 1. The zero-order valence-electron chi connectivity index (χ0n) is 22.2. The normalized spacial score (nSPS) is 21.9. The van der Waals surface area contributed by atoms with Crippen LogP contribution in [0.1, 0.15) is 44.7 Å². The summed E-state index contributed by atoms with van der Waals surface area (Å²) < 4.78 is 10.7. The van der Waals surface area contributed by atoms with E-state index in [0.717, 1.165) is 17.5 Å². The van der Waals surface area contributed by atoms with Gasteiger partial charge in [-0.25, -0.2) is 0 Å². The molecule has 0 radical (unpaired) electrons. The third kappa shape index (κ3) is 6.32. The van der Waals surface area contributed by atoms with Crippen LogP contribution >= 0.6 is 11.6 Å². The van der Waals surface area contributed by atoms with E-state index in [2.05, 4.69) is 32.2 Å². The fourth-order valence-corrected chi connectivity index (χ4v) is 5.32. The van der Waals surface area contributed by atoms with Gasteiger partial charge in [-0.15, -0.1) is 0 Å². The zero-order valence-corrected chi connectivity index (χ0v) is 23.0. The van der Waals surface area contributed by atoms with E-state index >= 15 is 0 Å². The molecule has 7 heteroatoms. The number of hydrogen-bond donors (Lipinski definition) is 1. The maximum atomic E-state index is 13.5. The van der Waals surface area contributed by atoms with Crippen LogP contribution < -0.4 is 14.8 Å². The quantitative estimate of drug-likeness (QED) is 0.525. The van der Waals surface area contributed by atoms with Gasteiger partial charge >= 0.3 is 0 Å². The lowest BCUT2D eigenvalue weighted by Gasteiger charge is -2.45. The predicted octanol–water partition coefficient (Wildman–Crippen LogP) is 5.23. The Kier molecular flexibility index (Phi) is 8.92. The number of carbonyl (C=O) groups excluding carboxylic acids is 1. The van der Waals surface area contributed by atoms with Gasteiger partial charge in [-0.05, 0) is 66.0 Å². The van der Waals surface area contributed by atoms with Crippen molar-refractivity contribution in [2.24, 2.45) is 11.3 Å². The van der Waals surface area contributed by atoms with Crippen molar-refractivity contribution >= 4 is 17.5 Å². The Morgan fingerprint density at radius 2 is 1.83 bits per heavy atom. The molecule has 0 bridgehead atoms. The van der Waals surface area contributed by atoms with Crippen LogP contribution in [0.4, 0.5) is 0 Å². The Labute approximate surface area is 220 Å². The number of halogens is 1. The fraction of sp³-hybridized carbons (Fsp3) is 0.517. The predicted molar refractivity (Wildman–Crippen MR) is 144 cm³/mol. The number of hydrogen-bond acceptors (Lipinski definition) is 5. The first-order valence-electron chi connectivity index (χ1n) is 12.4. The minimum absolute atomic E-state index is 0.00160. The smallest absolute Gasteiger partial charge is 0.239 e. The third-order valence-corrected chi connectivity index (χ3v) is 7.36. The molecular formula is C29H38ClN3O3. The number of amides is 1. The Bertz CT molecular complexity index is 1090. The first-order chi connectivity index (χ1) is 17.0. The van der Waals surface area contributed by atoms with Gasteiger partial charge in [-0.3, -0.25) is 4.79 Å². The lowest BCUT2D eigenvalue weighted by Crippen LogP contribution is -2.58. The van der Waals surface area contributed by atoms with Crippen LogP contribution in [-0.4, -0.2) is 51.2 Å². The van der Waals surface area contributed by atoms with E-state index in [4.69, 9.17) is 21.1 Å². The SMILES string of the molecule is COc1ccc(CCN(C)C(=O)C2CC(C#N)(c3ccc(Cl)cc3)C(CC(C)(C)C)CN2)cc1OC. The number of nitrogens with zero attached hydrogens (tertiary/aromatic N) is 2. The molecule has 0 aliphatic carbocycles. The average molecular weight is 512 g/mol. The van der Waals surface area contributed by atoms with Gasteiger partial charge in [0.25, 0.3) is 0 Å². The van der Waals surface area contributed by atoms with Crippen LogP contribution in [0.15, 0.2) is 42.5 Å². The van der Waals surface area contributed by atoms with E-state index in [1.807, 2.05) is 49.5 Å². The summed E-state index contributed by atoms with van der Waals surface area (Å²) >= 11 is 6.15. The summed E-state index contributed by atoms with van der Waals surface area (Å²) in [5.41, 5.74) is 1.26. The standard InChI is InChI=1S/C29H38ClN3O3/c1-28(2,3)16-22-18-32-24(17-29(22,19-31)21-8-10-23(30)11-9-21)27(34)33(4)14-13-20-7-12-25(35-5)26(15-20)36-6/h7-12,15,22,24,32H,13-14,16-18H2,1-6H3. The van der Waals surface area contributed by atoms with Crippen molar-refractivity contribution in [1.29, 1.82) is 5.26 Å². The second-order valence-electron chi connectivity index (χ2n) is 10.9. The Morgan fingerprint density at radius 1 is 1.17 bits per heavy atom. The van der Waals surface area contributed by atoms with Gasteiger partial charge in [-0.2, -0.15) is 5.26 Å². The molecule has 3 atom stereocenters. The molecule has 0 spiro atoms. The second kappa shape index (κ2) is 11.5. The van der Waals surface area contributed by atoms with Crippen LogP contribution in [0.3, 0.4) is 0 Å².